The predicted molar refractivity (Wildman–Crippen MR) is 76.1 cm³/mol. The van der Waals surface area contributed by atoms with Crippen molar-refractivity contribution >= 4 is 23.6 Å². The Balaban J connectivity index is 1.90. The number of hydrogen-bond donors (Lipinski definition) is 2. The number of thioether (sulfide) groups is 1. The summed E-state index contributed by atoms with van der Waals surface area (Å²) in [6.45, 7) is 4.86. The molecule has 0 radical (unpaired) electrons. The van der Waals surface area contributed by atoms with Gasteiger partial charge in [0.1, 0.15) is 0 Å². The third-order valence-electron chi connectivity index (χ3n) is 4.39. The number of rotatable bonds is 4. The Kier molecular flexibility index (Phi) is 4.43. The van der Waals surface area contributed by atoms with E-state index >= 15 is 0 Å². The summed E-state index contributed by atoms with van der Waals surface area (Å²) in [5, 5.41) is 12.2. The van der Waals surface area contributed by atoms with Crippen LogP contribution in [0.5, 0.6) is 0 Å². The second kappa shape index (κ2) is 5.73. The fourth-order valence-corrected chi connectivity index (χ4v) is 4.48. The molecule has 108 valence electrons. The molecule has 0 bridgehead atoms. The number of hydrogen-bond acceptors (Lipinski definition) is 3. The van der Waals surface area contributed by atoms with E-state index in [2.05, 4.69) is 12.2 Å². The van der Waals surface area contributed by atoms with Gasteiger partial charge in [-0.2, -0.15) is 11.8 Å². The molecule has 2 fully saturated rings. The Bertz CT molecular complexity index is 366. The maximum atomic E-state index is 12.2. The average Bonchev–Trinajstić information content (AvgIpc) is 2.93. The third-order valence-corrected chi connectivity index (χ3v) is 5.93. The molecule has 2 aliphatic rings. The van der Waals surface area contributed by atoms with E-state index in [4.69, 9.17) is 0 Å². The van der Waals surface area contributed by atoms with Gasteiger partial charge < -0.3 is 10.4 Å². The zero-order valence-electron chi connectivity index (χ0n) is 11.6. The Hall–Kier alpha value is -0.710. The zero-order chi connectivity index (χ0) is 14.0. The van der Waals surface area contributed by atoms with E-state index in [9.17, 15) is 14.7 Å². The van der Waals surface area contributed by atoms with E-state index in [0.29, 0.717) is 25.3 Å². The molecule has 0 aromatic heterocycles. The van der Waals surface area contributed by atoms with Crippen LogP contribution >= 0.6 is 11.8 Å². The van der Waals surface area contributed by atoms with E-state index in [0.717, 1.165) is 12.2 Å². The van der Waals surface area contributed by atoms with E-state index in [-0.39, 0.29) is 16.6 Å². The molecule has 1 saturated carbocycles. The molecule has 0 spiro atoms. The van der Waals surface area contributed by atoms with Crippen LogP contribution < -0.4 is 5.32 Å². The lowest BCUT2D eigenvalue weighted by Crippen LogP contribution is -2.41. The SMILES string of the molecule is CC1CC(C(=O)O)C(C(=O)NCC2(C)CCCS2)C1. The minimum atomic E-state index is -0.828. The van der Waals surface area contributed by atoms with Crippen LogP contribution in [0.15, 0.2) is 0 Å². The van der Waals surface area contributed by atoms with Gasteiger partial charge in [-0.05, 0) is 44.3 Å². The normalized spacial score (nSPS) is 38.3. The number of aliphatic carboxylic acids is 1. The first-order valence-corrected chi connectivity index (χ1v) is 8.04. The quantitative estimate of drug-likeness (QED) is 0.830. The van der Waals surface area contributed by atoms with Gasteiger partial charge in [-0.1, -0.05) is 6.92 Å². The van der Waals surface area contributed by atoms with Gasteiger partial charge in [0.15, 0.2) is 0 Å². The highest BCUT2D eigenvalue weighted by Crippen LogP contribution is 2.38. The summed E-state index contributed by atoms with van der Waals surface area (Å²) in [7, 11) is 0. The molecule has 4 unspecified atom stereocenters. The van der Waals surface area contributed by atoms with Gasteiger partial charge >= 0.3 is 5.97 Å². The van der Waals surface area contributed by atoms with Crippen LogP contribution in [0.2, 0.25) is 0 Å². The van der Waals surface area contributed by atoms with E-state index in [1.54, 1.807) is 0 Å². The van der Waals surface area contributed by atoms with Crippen LogP contribution in [0, 0.1) is 17.8 Å². The second-order valence-electron chi connectivity index (χ2n) is 6.25. The van der Waals surface area contributed by atoms with E-state index in [1.807, 2.05) is 18.7 Å². The topological polar surface area (TPSA) is 66.4 Å². The molecule has 19 heavy (non-hydrogen) atoms. The minimum Gasteiger partial charge on any atom is -0.481 e. The summed E-state index contributed by atoms with van der Waals surface area (Å²) in [4.78, 5) is 23.4. The minimum absolute atomic E-state index is 0.0644. The smallest absolute Gasteiger partial charge is 0.307 e. The Morgan fingerprint density at radius 3 is 2.63 bits per heavy atom. The van der Waals surface area contributed by atoms with Crippen molar-refractivity contribution in [2.45, 2.75) is 44.3 Å². The monoisotopic (exact) mass is 285 g/mol. The standard InChI is InChI=1S/C14H23NO3S/c1-9-6-10(11(7-9)13(17)18)12(16)15-8-14(2)4-3-5-19-14/h9-11H,3-8H2,1-2H3,(H,15,16)(H,17,18). The number of carboxylic acid groups (broad SMARTS) is 1. The fourth-order valence-electron chi connectivity index (χ4n) is 3.24. The van der Waals surface area contributed by atoms with Crippen LogP contribution in [-0.2, 0) is 9.59 Å². The summed E-state index contributed by atoms with van der Waals surface area (Å²) in [5.41, 5.74) is 0. The largest absolute Gasteiger partial charge is 0.481 e. The molecule has 5 heteroatoms. The van der Waals surface area contributed by atoms with Gasteiger partial charge in [-0.15, -0.1) is 0 Å². The van der Waals surface area contributed by atoms with Gasteiger partial charge in [-0.3, -0.25) is 9.59 Å². The summed E-state index contributed by atoms with van der Waals surface area (Å²) in [6.07, 6.45) is 3.66. The Labute approximate surface area is 118 Å². The third kappa shape index (κ3) is 3.44. The molecule has 4 atom stereocenters. The first-order valence-electron chi connectivity index (χ1n) is 7.06. The lowest BCUT2D eigenvalue weighted by Gasteiger charge is -2.24. The maximum Gasteiger partial charge on any atom is 0.307 e. The Morgan fingerprint density at radius 1 is 1.37 bits per heavy atom. The fraction of sp³-hybridized carbons (Fsp3) is 0.857. The predicted octanol–water partition coefficient (Wildman–Crippen LogP) is 2.14. The molecule has 0 aromatic carbocycles. The van der Waals surface area contributed by atoms with Crippen molar-refractivity contribution in [3.8, 4) is 0 Å². The van der Waals surface area contributed by atoms with Crippen LogP contribution in [0.4, 0.5) is 0 Å². The van der Waals surface area contributed by atoms with Crippen molar-refractivity contribution in [1.29, 1.82) is 0 Å². The summed E-state index contributed by atoms with van der Waals surface area (Å²) in [6, 6.07) is 0. The van der Waals surface area contributed by atoms with Gasteiger partial charge in [0.2, 0.25) is 5.91 Å². The van der Waals surface area contributed by atoms with Gasteiger partial charge in [0, 0.05) is 11.3 Å². The number of carbonyl (C=O) groups is 2. The molecule has 4 nitrogen and oxygen atoms in total. The van der Waals surface area contributed by atoms with Crippen LogP contribution in [0.25, 0.3) is 0 Å². The highest BCUT2D eigenvalue weighted by Gasteiger charge is 2.41. The number of carboxylic acids is 1. The van der Waals surface area contributed by atoms with Gasteiger partial charge in [0.05, 0.1) is 11.8 Å². The highest BCUT2D eigenvalue weighted by atomic mass is 32.2. The molecule has 1 aliphatic heterocycles. The zero-order valence-corrected chi connectivity index (χ0v) is 12.5. The van der Waals surface area contributed by atoms with Crippen LogP contribution in [0.1, 0.15) is 39.5 Å². The van der Waals surface area contributed by atoms with Crippen LogP contribution in [-0.4, -0.2) is 34.0 Å². The van der Waals surface area contributed by atoms with E-state index in [1.165, 1.54) is 6.42 Å². The van der Waals surface area contributed by atoms with Crippen molar-refractivity contribution in [1.82, 2.24) is 5.32 Å². The lowest BCUT2D eigenvalue weighted by molar-refractivity contribution is -0.146. The number of amides is 1. The lowest BCUT2D eigenvalue weighted by atomic mass is 9.95. The van der Waals surface area contributed by atoms with Crippen molar-refractivity contribution in [2.24, 2.45) is 17.8 Å². The first kappa shape index (κ1) is 14.7. The van der Waals surface area contributed by atoms with Crippen molar-refractivity contribution < 1.29 is 14.7 Å². The molecule has 1 heterocycles. The highest BCUT2D eigenvalue weighted by molar-refractivity contribution is 8.00. The summed E-state index contributed by atoms with van der Waals surface area (Å²) >= 11 is 1.91. The average molecular weight is 285 g/mol. The molecular formula is C14H23NO3S. The molecule has 0 aromatic rings. The maximum absolute atomic E-state index is 12.2. The molecule has 1 aliphatic carbocycles. The molecule has 1 amide bonds. The second-order valence-corrected chi connectivity index (χ2v) is 7.93. The first-order chi connectivity index (χ1) is 8.91. The Morgan fingerprint density at radius 2 is 2.05 bits per heavy atom. The molecule has 2 rings (SSSR count). The molecule has 2 N–H and O–H groups in total. The number of nitrogens with one attached hydrogen (secondary N) is 1. The molecule has 1 saturated heterocycles. The summed E-state index contributed by atoms with van der Waals surface area (Å²) < 4.78 is 0.138. The van der Waals surface area contributed by atoms with Crippen molar-refractivity contribution in [2.75, 3.05) is 12.3 Å². The van der Waals surface area contributed by atoms with Crippen molar-refractivity contribution in [3.63, 3.8) is 0 Å². The van der Waals surface area contributed by atoms with Gasteiger partial charge in [0.25, 0.3) is 0 Å². The van der Waals surface area contributed by atoms with Gasteiger partial charge in [-0.25, -0.2) is 0 Å². The van der Waals surface area contributed by atoms with E-state index < -0.39 is 11.9 Å². The summed E-state index contributed by atoms with van der Waals surface area (Å²) in [5.74, 6) is -0.254. The number of carbonyl (C=O) groups excluding carboxylic acids is 1. The van der Waals surface area contributed by atoms with Crippen LogP contribution in [0.3, 0.4) is 0 Å². The van der Waals surface area contributed by atoms with Crippen molar-refractivity contribution in [3.05, 3.63) is 0 Å². The molecular weight excluding hydrogens is 262 g/mol.